The fourth-order valence-corrected chi connectivity index (χ4v) is 2.44. The normalized spacial score (nSPS) is 10.9. The van der Waals surface area contributed by atoms with E-state index in [9.17, 15) is 9.59 Å². The van der Waals surface area contributed by atoms with Gasteiger partial charge in [-0.1, -0.05) is 6.07 Å². The summed E-state index contributed by atoms with van der Waals surface area (Å²) < 4.78 is 16.2. The van der Waals surface area contributed by atoms with Crippen LogP contribution in [0.5, 0.6) is 5.75 Å². The van der Waals surface area contributed by atoms with E-state index in [2.05, 4.69) is 0 Å². The monoisotopic (exact) mass is 298 g/mol. The molecule has 2 aromatic heterocycles. The van der Waals surface area contributed by atoms with E-state index in [1.54, 1.807) is 18.2 Å². The molecule has 0 bridgehead atoms. The van der Waals surface area contributed by atoms with Crippen molar-refractivity contribution in [3.05, 3.63) is 51.9 Å². The molecule has 0 N–H and O–H groups in total. The standard InChI is InChI=1S/C17H14O5/c1-9-7-10(2)15-12(8-9)14(19)17(21-11(3)18)16(22-15)13-5-4-6-20-13/h4-8H,1-3H3. The van der Waals surface area contributed by atoms with Gasteiger partial charge in [-0.05, 0) is 43.2 Å². The summed E-state index contributed by atoms with van der Waals surface area (Å²) in [6, 6.07) is 6.94. The molecule has 5 heteroatoms. The highest BCUT2D eigenvalue weighted by molar-refractivity contribution is 5.85. The second kappa shape index (κ2) is 5.18. The molecule has 5 nitrogen and oxygen atoms in total. The van der Waals surface area contributed by atoms with E-state index >= 15 is 0 Å². The van der Waals surface area contributed by atoms with Gasteiger partial charge in [0.15, 0.2) is 5.76 Å². The zero-order valence-corrected chi connectivity index (χ0v) is 12.4. The Morgan fingerprint density at radius 2 is 2.00 bits per heavy atom. The third-order valence-electron chi connectivity index (χ3n) is 3.27. The number of benzene rings is 1. The molecule has 0 unspecified atom stereocenters. The highest BCUT2D eigenvalue weighted by atomic mass is 16.5. The fraction of sp³-hybridized carbons (Fsp3) is 0.176. The topological polar surface area (TPSA) is 69.7 Å². The van der Waals surface area contributed by atoms with E-state index in [0.29, 0.717) is 16.7 Å². The van der Waals surface area contributed by atoms with Gasteiger partial charge in [-0.2, -0.15) is 0 Å². The Morgan fingerprint density at radius 1 is 1.23 bits per heavy atom. The van der Waals surface area contributed by atoms with Crippen molar-refractivity contribution in [2.75, 3.05) is 0 Å². The van der Waals surface area contributed by atoms with E-state index in [1.165, 1.54) is 13.2 Å². The van der Waals surface area contributed by atoms with Gasteiger partial charge in [0, 0.05) is 6.92 Å². The van der Waals surface area contributed by atoms with Crippen molar-refractivity contribution in [2.45, 2.75) is 20.8 Å². The van der Waals surface area contributed by atoms with E-state index < -0.39 is 11.4 Å². The van der Waals surface area contributed by atoms with Crippen molar-refractivity contribution in [3.63, 3.8) is 0 Å². The Labute approximate surface area is 126 Å². The molecule has 0 aliphatic carbocycles. The molecular weight excluding hydrogens is 284 g/mol. The number of furan rings is 1. The summed E-state index contributed by atoms with van der Waals surface area (Å²) in [5.41, 5.74) is 1.82. The zero-order valence-electron chi connectivity index (χ0n) is 12.4. The van der Waals surface area contributed by atoms with E-state index in [-0.39, 0.29) is 11.5 Å². The maximum Gasteiger partial charge on any atom is 0.308 e. The minimum absolute atomic E-state index is 0.115. The summed E-state index contributed by atoms with van der Waals surface area (Å²) in [7, 11) is 0. The Morgan fingerprint density at radius 3 is 2.64 bits per heavy atom. The number of ether oxygens (including phenoxy) is 1. The van der Waals surface area contributed by atoms with Crippen LogP contribution in [0.3, 0.4) is 0 Å². The summed E-state index contributed by atoms with van der Waals surface area (Å²) >= 11 is 0. The first-order valence-electron chi connectivity index (χ1n) is 6.77. The highest BCUT2D eigenvalue weighted by Crippen LogP contribution is 2.32. The van der Waals surface area contributed by atoms with E-state index in [1.807, 2.05) is 19.9 Å². The Kier molecular flexibility index (Phi) is 3.33. The van der Waals surface area contributed by atoms with Crippen LogP contribution in [0.1, 0.15) is 18.1 Å². The molecule has 0 fully saturated rings. The second-order valence-electron chi connectivity index (χ2n) is 5.12. The van der Waals surface area contributed by atoms with Crippen molar-refractivity contribution in [2.24, 2.45) is 0 Å². The van der Waals surface area contributed by atoms with Crippen molar-refractivity contribution >= 4 is 16.9 Å². The lowest BCUT2D eigenvalue weighted by Gasteiger charge is -2.09. The quantitative estimate of drug-likeness (QED) is 0.676. The van der Waals surface area contributed by atoms with Gasteiger partial charge in [-0.15, -0.1) is 0 Å². The van der Waals surface area contributed by atoms with Crippen molar-refractivity contribution < 1.29 is 18.4 Å². The number of carbonyl (C=O) groups is 1. The van der Waals surface area contributed by atoms with Crippen LogP contribution in [0, 0.1) is 13.8 Å². The second-order valence-corrected chi connectivity index (χ2v) is 5.12. The third kappa shape index (κ3) is 2.30. The first-order valence-corrected chi connectivity index (χ1v) is 6.77. The largest absolute Gasteiger partial charge is 0.461 e. The first kappa shape index (κ1) is 14.1. The van der Waals surface area contributed by atoms with Gasteiger partial charge >= 0.3 is 5.97 Å². The Hall–Kier alpha value is -2.82. The van der Waals surface area contributed by atoms with Crippen LogP contribution in [0.25, 0.3) is 22.5 Å². The van der Waals surface area contributed by atoms with Gasteiger partial charge < -0.3 is 13.6 Å². The molecule has 0 saturated heterocycles. The number of hydrogen-bond donors (Lipinski definition) is 0. The minimum atomic E-state index is -0.594. The van der Waals surface area contributed by atoms with Crippen LogP contribution in [0.4, 0.5) is 0 Å². The average Bonchev–Trinajstić information content (AvgIpc) is 2.96. The maximum atomic E-state index is 12.7. The molecule has 3 aromatic rings. The van der Waals surface area contributed by atoms with Crippen LogP contribution < -0.4 is 10.2 Å². The van der Waals surface area contributed by atoms with Gasteiger partial charge in [0.05, 0.1) is 11.6 Å². The van der Waals surface area contributed by atoms with Crippen LogP contribution in [0.2, 0.25) is 0 Å². The zero-order chi connectivity index (χ0) is 15.9. The number of rotatable bonds is 2. The summed E-state index contributed by atoms with van der Waals surface area (Å²) in [6.45, 7) is 4.98. The average molecular weight is 298 g/mol. The fourth-order valence-electron chi connectivity index (χ4n) is 2.44. The molecular formula is C17H14O5. The lowest BCUT2D eigenvalue weighted by Crippen LogP contribution is -2.13. The predicted molar refractivity (Wildman–Crippen MR) is 81.0 cm³/mol. The van der Waals surface area contributed by atoms with E-state index in [0.717, 1.165) is 11.1 Å². The lowest BCUT2D eigenvalue weighted by molar-refractivity contribution is -0.132. The third-order valence-corrected chi connectivity index (χ3v) is 3.27. The number of aryl methyl sites for hydroxylation is 2. The molecule has 0 amide bonds. The Bertz CT molecular complexity index is 916. The minimum Gasteiger partial charge on any atom is -0.461 e. The molecule has 112 valence electrons. The summed E-state index contributed by atoms with van der Waals surface area (Å²) in [4.78, 5) is 24.0. The van der Waals surface area contributed by atoms with Crippen molar-refractivity contribution in [1.29, 1.82) is 0 Å². The molecule has 2 heterocycles. The van der Waals surface area contributed by atoms with Gasteiger partial charge in [-0.3, -0.25) is 9.59 Å². The van der Waals surface area contributed by atoms with Crippen LogP contribution >= 0.6 is 0 Å². The summed E-state index contributed by atoms with van der Waals surface area (Å²) in [6.07, 6.45) is 1.46. The Balaban J connectivity index is 2.42. The smallest absolute Gasteiger partial charge is 0.308 e. The number of carbonyl (C=O) groups excluding carboxylic acids is 1. The van der Waals surface area contributed by atoms with Crippen LogP contribution in [-0.4, -0.2) is 5.97 Å². The molecule has 22 heavy (non-hydrogen) atoms. The highest BCUT2D eigenvalue weighted by Gasteiger charge is 2.21. The molecule has 0 aliphatic heterocycles. The molecule has 0 radical (unpaired) electrons. The van der Waals surface area contributed by atoms with Gasteiger partial charge in [0.1, 0.15) is 5.58 Å². The SMILES string of the molecule is CC(=O)Oc1c(-c2ccco2)oc2c(C)cc(C)cc2c1=O. The molecule has 3 rings (SSSR count). The van der Waals surface area contributed by atoms with Crippen molar-refractivity contribution in [1.82, 2.24) is 0 Å². The van der Waals surface area contributed by atoms with Gasteiger partial charge in [-0.25, -0.2) is 0 Å². The van der Waals surface area contributed by atoms with Crippen molar-refractivity contribution in [3.8, 4) is 17.3 Å². The number of fused-ring (bicyclic) bond motifs is 1. The summed E-state index contributed by atoms with van der Waals surface area (Å²) in [5, 5.41) is 0.379. The van der Waals surface area contributed by atoms with E-state index in [4.69, 9.17) is 13.6 Å². The molecule has 0 aliphatic rings. The molecule has 0 atom stereocenters. The number of esters is 1. The first-order chi connectivity index (χ1) is 10.5. The van der Waals surface area contributed by atoms with Crippen LogP contribution in [-0.2, 0) is 4.79 Å². The molecule has 0 saturated carbocycles. The van der Waals surface area contributed by atoms with Gasteiger partial charge in [0.2, 0.25) is 16.9 Å². The maximum absolute atomic E-state index is 12.7. The predicted octanol–water partition coefficient (Wildman–Crippen LogP) is 3.60. The molecule has 0 spiro atoms. The lowest BCUT2D eigenvalue weighted by atomic mass is 10.1. The molecule has 1 aromatic carbocycles. The number of hydrogen-bond acceptors (Lipinski definition) is 5. The summed E-state index contributed by atoms with van der Waals surface area (Å²) in [5.74, 6) is -0.302. The van der Waals surface area contributed by atoms with Crippen LogP contribution in [0.15, 0.2) is 44.2 Å². The van der Waals surface area contributed by atoms with Gasteiger partial charge in [0.25, 0.3) is 0 Å².